The summed E-state index contributed by atoms with van der Waals surface area (Å²) in [6, 6.07) is 0. The summed E-state index contributed by atoms with van der Waals surface area (Å²) in [5.74, 6) is -0.583. The van der Waals surface area contributed by atoms with Gasteiger partial charge in [-0.1, -0.05) is 6.92 Å². The van der Waals surface area contributed by atoms with Crippen LogP contribution in [0.4, 0.5) is 13.2 Å². The molecular weight excluding hydrogens is 229 g/mol. The monoisotopic (exact) mass is 250 g/mol. The Bertz CT molecular complexity index is 232. The summed E-state index contributed by atoms with van der Waals surface area (Å²) in [4.78, 5) is 0. The molecule has 1 saturated heterocycles. The smallest absolute Gasteiger partial charge is 0.109 e. The molecule has 100 valence electrons. The molecule has 2 aliphatic rings. The maximum absolute atomic E-state index is 13.6. The molecule has 1 saturated carbocycles. The van der Waals surface area contributed by atoms with E-state index in [2.05, 4.69) is 17.6 Å². The van der Waals surface area contributed by atoms with E-state index < -0.39 is 24.9 Å². The predicted molar refractivity (Wildman–Crippen MR) is 60.9 cm³/mol. The Morgan fingerprint density at radius 1 is 1.06 bits per heavy atom. The lowest BCUT2D eigenvalue weighted by atomic mass is 9.78. The summed E-state index contributed by atoms with van der Waals surface area (Å²) in [7, 11) is 0. The van der Waals surface area contributed by atoms with E-state index >= 15 is 0 Å². The van der Waals surface area contributed by atoms with Crippen LogP contribution in [0.5, 0.6) is 0 Å². The minimum Gasteiger partial charge on any atom is -0.301 e. The summed E-state index contributed by atoms with van der Waals surface area (Å²) >= 11 is 0. The quantitative estimate of drug-likeness (QED) is 0.781. The van der Waals surface area contributed by atoms with E-state index in [-0.39, 0.29) is 24.9 Å². The lowest BCUT2D eigenvalue weighted by Crippen LogP contribution is -2.58. The van der Waals surface area contributed by atoms with Gasteiger partial charge in [-0.05, 0) is 24.7 Å². The SMILES string of the molecule is CC1CNC(C2CC(F)C(CF)C(F)C2)NC1. The van der Waals surface area contributed by atoms with Crippen LogP contribution in [0.15, 0.2) is 0 Å². The van der Waals surface area contributed by atoms with Gasteiger partial charge in [0.05, 0.1) is 12.8 Å². The molecule has 0 aromatic carbocycles. The molecule has 0 spiro atoms. The molecule has 1 aliphatic heterocycles. The van der Waals surface area contributed by atoms with Crippen molar-refractivity contribution in [1.82, 2.24) is 10.6 Å². The molecule has 2 N–H and O–H groups in total. The van der Waals surface area contributed by atoms with Crippen molar-refractivity contribution in [2.24, 2.45) is 17.8 Å². The zero-order valence-electron chi connectivity index (χ0n) is 10.1. The van der Waals surface area contributed by atoms with E-state index in [0.717, 1.165) is 13.1 Å². The summed E-state index contributed by atoms with van der Waals surface area (Å²) in [6.07, 6.45) is -2.21. The number of alkyl halides is 3. The Hall–Kier alpha value is -0.290. The van der Waals surface area contributed by atoms with E-state index in [1.807, 2.05) is 0 Å². The van der Waals surface area contributed by atoms with E-state index in [1.165, 1.54) is 0 Å². The van der Waals surface area contributed by atoms with Gasteiger partial charge in [0, 0.05) is 19.0 Å². The molecule has 0 aromatic rings. The van der Waals surface area contributed by atoms with Crippen LogP contribution in [0.25, 0.3) is 0 Å². The van der Waals surface area contributed by atoms with Gasteiger partial charge in [-0.25, -0.2) is 8.78 Å². The summed E-state index contributed by atoms with van der Waals surface area (Å²) in [6.45, 7) is 2.97. The minimum absolute atomic E-state index is 0.0248. The summed E-state index contributed by atoms with van der Waals surface area (Å²) in [5.41, 5.74) is 0. The molecule has 0 bridgehead atoms. The first-order chi connectivity index (χ1) is 8.11. The van der Waals surface area contributed by atoms with E-state index in [1.54, 1.807) is 0 Å². The van der Waals surface area contributed by atoms with Gasteiger partial charge < -0.3 is 10.6 Å². The van der Waals surface area contributed by atoms with Crippen LogP contribution < -0.4 is 10.6 Å². The van der Waals surface area contributed by atoms with E-state index in [4.69, 9.17) is 0 Å². The molecule has 2 nitrogen and oxygen atoms in total. The van der Waals surface area contributed by atoms with Crippen LogP contribution in [-0.4, -0.2) is 38.3 Å². The molecular formula is C12H21F3N2. The Balaban J connectivity index is 1.90. The number of halogens is 3. The molecule has 2 fully saturated rings. The van der Waals surface area contributed by atoms with Crippen molar-refractivity contribution in [3.8, 4) is 0 Å². The van der Waals surface area contributed by atoms with Crippen LogP contribution in [0.1, 0.15) is 19.8 Å². The first kappa shape index (κ1) is 13.1. The third-order valence-electron chi connectivity index (χ3n) is 4.01. The standard InChI is InChI=1S/C12H21F3N2/c1-7-5-16-12(17-6-7)8-2-10(14)9(4-13)11(15)3-8/h7-12,16-17H,2-6H2,1H3. The Morgan fingerprint density at radius 2 is 1.59 bits per heavy atom. The molecule has 1 heterocycles. The highest BCUT2D eigenvalue weighted by atomic mass is 19.2. The Morgan fingerprint density at radius 3 is 2.06 bits per heavy atom. The molecule has 0 radical (unpaired) electrons. The largest absolute Gasteiger partial charge is 0.301 e. The second-order valence-electron chi connectivity index (χ2n) is 5.48. The summed E-state index contributed by atoms with van der Waals surface area (Å²) in [5, 5.41) is 6.55. The van der Waals surface area contributed by atoms with Gasteiger partial charge in [0.15, 0.2) is 0 Å². The summed E-state index contributed by atoms with van der Waals surface area (Å²) < 4.78 is 39.8. The fourth-order valence-corrected chi connectivity index (χ4v) is 2.85. The minimum atomic E-state index is -1.35. The van der Waals surface area contributed by atoms with Gasteiger partial charge >= 0.3 is 0 Å². The molecule has 1 aliphatic carbocycles. The van der Waals surface area contributed by atoms with Gasteiger partial charge in [-0.3, -0.25) is 4.39 Å². The highest BCUT2D eigenvalue weighted by Crippen LogP contribution is 2.35. The Kier molecular flexibility index (Phi) is 4.31. The van der Waals surface area contributed by atoms with Gasteiger partial charge in [0.1, 0.15) is 12.3 Å². The van der Waals surface area contributed by atoms with Crippen molar-refractivity contribution < 1.29 is 13.2 Å². The topological polar surface area (TPSA) is 24.1 Å². The fraction of sp³-hybridized carbons (Fsp3) is 1.00. The molecule has 5 heteroatoms. The van der Waals surface area contributed by atoms with Crippen molar-refractivity contribution in [1.29, 1.82) is 0 Å². The predicted octanol–water partition coefficient (Wildman–Crippen LogP) is 1.81. The third-order valence-corrected chi connectivity index (χ3v) is 4.01. The lowest BCUT2D eigenvalue weighted by Gasteiger charge is -2.40. The van der Waals surface area contributed by atoms with Gasteiger partial charge in [-0.2, -0.15) is 0 Å². The highest BCUT2D eigenvalue weighted by molar-refractivity contribution is 4.92. The molecule has 2 unspecified atom stereocenters. The average molecular weight is 250 g/mol. The second-order valence-corrected chi connectivity index (χ2v) is 5.48. The first-order valence-electron chi connectivity index (χ1n) is 6.42. The van der Waals surface area contributed by atoms with E-state index in [9.17, 15) is 13.2 Å². The Labute approximate surface area is 100 Å². The molecule has 0 aromatic heterocycles. The van der Waals surface area contributed by atoms with Crippen molar-refractivity contribution in [3.05, 3.63) is 0 Å². The van der Waals surface area contributed by atoms with Crippen LogP contribution in [0.2, 0.25) is 0 Å². The first-order valence-corrected chi connectivity index (χ1v) is 6.42. The average Bonchev–Trinajstić information content (AvgIpc) is 2.29. The normalized spacial score (nSPS) is 48.0. The van der Waals surface area contributed by atoms with Crippen LogP contribution >= 0.6 is 0 Å². The van der Waals surface area contributed by atoms with E-state index in [0.29, 0.717) is 5.92 Å². The van der Waals surface area contributed by atoms with Crippen molar-refractivity contribution in [2.75, 3.05) is 19.8 Å². The molecule has 2 atom stereocenters. The van der Waals surface area contributed by atoms with Crippen molar-refractivity contribution >= 4 is 0 Å². The van der Waals surface area contributed by atoms with Crippen molar-refractivity contribution in [3.63, 3.8) is 0 Å². The molecule has 17 heavy (non-hydrogen) atoms. The number of hydrogen-bond donors (Lipinski definition) is 2. The lowest BCUT2D eigenvalue weighted by molar-refractivity contribution is 0.0117. The number of hydrogen-bond acceptors (Lipinski definition) is 2. The second kappa shape index (κ2) is 5.57. The number of nitrogens with one attached hydrogen (secondary N) is 2. The maximum Gasteiger partial charge on any atom is 0.109 e. The highest BCUT2D eigenvalue weighted by Gasteiger charge is 2.41. The molecule has 0 amide bonds. The third kappa shape index (κ3) is 2.94. The van der Waals surface area contributed by atoms with Gasteiger partial charge in [-0.15, -0.1) is 0 Å². The van der Waals surface area contributed by atoms with Crippen LogP contribution in [-0.2, 0) is 0 Å². The van der Waals surface area contributed by atoms with Gasteiger partial charge in [0.2, 0.25) is 0 Å². The van der Waals surface area contributed by atoms with Gasteiger partial charge in [0.25, 0.3) is 0 Å². The van der Waals surface area contributed by atoms with Crippen molar-refractivity contribution in [2.45, 2.75) is 38.3 Å². The zero-order valence-corrected chi connectivity index (χ0v) is 10.1. The van der Waals surface area contributed by atoms with Crippen LogP contribution in [0.3, 0.4) is 0 Å². The fourth-order valence-electron chi connectivity index (χ4n) is 2.85. The molecule has 2 rings (SSSR count). The zero-order chi connectivity index (χ0) is 12.4. The van der Waals surface area contributed by atoms with Crippen LogP contribution in [0, 0.1) is 17.8 Å². The maximum atomic E-state index is 13.6. The number of rotatable bonds is 2.